The predicted octanol–water partition coefficient (Wildman–Crippen LogP) is 4.85. The second-order valence-electron chi connectivity index (χ2n) is 6.31. The number of hydrogen-bond acceptors (Lipinski definition) is 4. The summed E-state index contributed by atoms with van der Waals surface area (Å²) >= 11 is 1.18. The molecule has 0 radical (unpaired) electrons. The molecule has 0 fully saturated rings. The van der Waals surface area contributed by atoms with Gasteiger partial charge < -0.3 is 4.90 Å². The maximum Gasteiger partial charge on any atom is 0.416 e. The average molecular weight is 405 g/mol. The lowest BCUT2D eigenvalue weighted by molar-refractivity contribution is -0.137. The molecule has 0 saturated heterocycles. The summed E-state index contributed by atoms with van der Waals surface area (Å²) < 4.78 is 38.1. The quantitative estimate of drug-likeness (QED) is 0.610. The third-order valence-corrected chi connectivity index (χ3v) is 5.42. The third-order valence-electron chi connectivity index (χ3n) is 4.23. The molecule has 0 atom stereocenters. The summed E-state index contributed by atoms with van der Waals surface area (Å²) in [6.07, 6.45) is -2.04. The summed E-state index contributed by atoms with van der Waals surface area (Å²) in [4.78, 5) is 23.4. The first-order valence-electron chi connectivity index (χ1n) is 8.56. The molecule has 3 rings (SSSR count). The van der Waals surface area contributed by atoms with Crippen molar-refractivity contribution in [2.45, 2.75) is 19.5 Å². The Morgan fingerprint density at radius 2 is 1.86 bits per heavy atom. The second-order valence-corrected chi connectivity index (χ2v) is 7.31. The minimum absolute atomic E-state index is 0.163. The van der Waals surface area contributed by atoms with Gasteiger partial charge >= 0.3 is 6.18 Å². The van der Waals surface area contributed by atoms with Crippen molar-refractivity contribution in [2.75, 3.05) is 13.6 Å². The lowest BCUT2D eigenvalue weighted by Gasteiger charge is -2.16. The van der Waals surface area contributed by atoms with Crippen LogP contribution >= 0.6 is 11.3 Å². The van der Waals surface area contributed by atoms with Crippen LogP contribution in [0.3, 0.4) is 0 Å². The van der Waals surface area contributed by atoms with E-state index in [2.05, 4.69) is 9.97 Å². The van der Waals surface area contributed by atoms with E-state index in [1.54, 1.807) is 25.1 Å². The highest BCUT2D eigenvalue weighted by molar-refractivity contribution is 7.17. The van der Waals surface area contributed by atoms with Gasteiger partial charge in [-0.05, 0) is 31.2 Å². The molecule has 0 aliphatic rings. The van der Waals surface area contributed by atoms with Crippen LogP contribution in [0.4, 0.5) is 13.2 Å². The molecule has 4 nitrogen and oxygen atoms in total. The Kier molecular flexibility index (Phi) is 5.79. The van der Waals surface area contributed by atoms with Crippen molar-refractivity contribution in [3.8, 4) is 10.6 Å². The van der Waals surface area contributed by atoms with Crippen LogP contribution in [0.1, 0.15) is 26.6 Å². The van der Waals surface area contributed by atoms with Crippen LogP contribution in [0.15, 0.2) is 48.7 Å². The molecular formula is C20H18F3N3OS. The van der Waals surface area contributed by atoms with E-state index in [1.807, 2.05) is 18.2 Å². The van der Waals surface area contributed by atoms with Crippen LogP contribution in [0.25, 0.3) is 10.6 Å². The molecule has 0 unspecified atom stereocenters. The number of aryl methyl sites for hydroxylation is 1. The van der Waals surface area contributed by atoms with Crippen LogP contribution in [-0.2, 0) is 12.6 Å². The number of alkyl halides is 3. The van der Waals surface area contributed by atoms with E-state index >= 15 is 0 Å². The number of likely N-dealkylation sites (N-methyl/N-ethyl adjacent to an activating group) is 1. The van der Waals surface area contributed by atoms with Gasteiger partial charge in [-0.15, -0.1) is 11.3 Å². The lowest BCUT2D eigenvalue weighted by Crippen LogP contribution is -2.28. The van der Waals surface area contributed by atoms with Crippen molar-refractivity contribution in [2.24, 2.45) is 0 Å². The predicted molar refractivity (Wildman–Crippen MR) is 102 cm³/mol. The maximum atomic E-state index is 12.7. The van der Waals surface area contributed by atoms with E-state index in [1.165, 1.54) is 23.5 Å². The number of nitrogens with zero attached hydrogens (tertiary/aromatic N) is 3. The highest BCUT2D eigenvalue weighted by atomic mass is 32.1. The van der Waals surface area contributed by atoms with Gasteiger partial charge in [0.1, 0.15) is 9.88 Å². The summed E-state index contributed by atoms with van der Waals surface area (Å²) in [7, 11) is 1.71. The topological polar surface area (TPSA) is 46.1 Å². The fourth-order valence-electron chi connectivity index (χ4n) is 2.62. The zero-order valence-corrected chi connectivity index (χ0v) is 16.1. The molecule has 0 aliphatic heterocycles. The van der Waals surface area contributed by atoms with Crippen LogP contribution < -0.4 is 0 Å². The van der Waals surface area contributed by atoms with E-state index in [0.29, 0.717) is 34.1 Å². The number of hydrogen-bond donors (Lipinski definition) is 0. The molecule has 28 heavy (non-hydrogen) atoms. The zero-order chi connectivity index (χ0) is 20.3. The molecule has 1 aromatic carbocycles. The van der Waals surface area contributed by atoms with Crippen molar-refractivity contribution in [3.05, 3.63) is 70.5 Å². The SMILES string of the molecule is Cc1nc(-c2ccc(C(F)(F)F)cc2)sc1C(=O)N(C)CCc1ccccn1. The average Bonchev–Trinajstić information content (AvgIpc) is 3.07. The summed E-state index contributed by atoms with van der Waals surface area (Å²) in [5.74, 6) is -0.163. The number of halogens is 3. The van der Waals surface area contributed by atoms with E-state index < -0.39 is 11.7 Å². The largest absolute Gasteiger partial charge is 0.416 e. The Morgan fingerprint density at radius 3 is 2.46 bits per heavy atom. The first-order chi connectivity index (χ1) is 13.3. The molecule has 1 amide bonds. The number of thiazole rings is 1. The summed E-state index contributed by atoms with van der Waals surface area (Å²) in [6, 6.07) is 10.4. The molecule has 146 valence electrons. The summed E-state index contributed by atoms with van der Waals surface area (Å²) in [5.41, 5.74) is 1.30. The molecule has 0 spiro atoms. The Labute approximate surface area is 164 Å². The molecule has 0 N–H and O–H groups in total. The van der Waals surface area contributed by atoms with Crippen LogP contribution in [-0.4, -0.2) is 34.4 Å². The third kappa shape index (κ3) is 4.56. The van der Waals surface area contributed by atoms with E-state index in [0.717, 1.165) is 17.8 Å². The summed E-state index contributed by atoms with van der Waals surface area (Å²) in [6.45, 7) is 2.23. The summed E-state index contributed by atoms with van der Waals surface area (Å²) in [5, 5.41) is 0.521. The Balaban J connectivity index is 1.73. The van der Waals surface area contributed by atoms with Crippen molar-refractivity contribution < 1.29 is 18.0 Å². The monoisotopic (exact) mass is 405 g/mol. The Hall–Kier alpha value is -2.74. The highest BCUT2D eigenvalue weighted by Crippen LogP contribution is 2.33. The van der Waals surface area contributed by atoms with Gasteiger partial charge in [-0.2, -0.15) is 13.2 Å². The molecular weight excluding hydrogens is 387 g/mol. The fraction of sp³-hybridized carbons (Fsp3) is 0.250. The number of carbonyl (C=O) groups is 1. The number of benzene rings is 1. The Morgan fingerprint density at radius 1 is 1.14 bits per heavy atom. The number of pyridine rings is 1. The number of carbonyl (C=O) groups excluding carboxylic acids is 1. The van der Waals surface area contributed by atoms with Gasteiger partial charge in [0.05, 0.1) is 11.3 Å². The van der Waals surface area contributed by atoms with Crippen LogP contribution in [0.5, 0.6) is 0 Å². The zero-order valence-electron chi connectivity index (χ0n) is 15.3. The maximum absolute atomic E-state index is 12.7. The van der Waals surface area contributed by atoms with Gasteiger partial charge in [0.15, 0.2) is 0 Å². The van der Waals surface area contributed by atoms with Crippen molar-refractivity contribution in [3.63, 3.8) is 0 Å². The smallest absolute Gasteiger partial charge is 0.341 e. The van der Waals surface area contributed by atoms with Gasteiger partial charge in [-0.3, -0.25) is 9.78 Å². The van der Waals surface area contributed by atoms with Gasteiger partial charge in [0.25, 0.3) is 5.91 Å². The van der Waals surface area contributed by atoms with Crippen LogP contribution in [0, 0.1) is 6.92 Å². The normalized spacial score (nSPS) is 11.5. The molecule has 0 saturated carbocycles. The van der Waals surface area contributed by atoms with Gasteiger partial charge in [-0.1, -0.05) is 18.2 Å². The van der Waals surface area contributed by atoms with E-state index in [9.17, 15) is 18.0 Å². The van der Waals surface area contributed by atoms with Gasteiger partial charge in [0, 0.05) is 37.5 Å². The highest BCUT2D eigenvalue weighted by Gasteiger charge is 2.30. The molecule has 2 heterocycles. The Bertz CT molecular complexity index is 953. The van der Waals surface area contributed by atoms with E-state index in [4.69, 9.17) is 0 Å². The molecule has 2 aromatic heterocycles. The molecule has 0 aliphatic carbocycles. The van der Waals surface area contributed by atoms with E-state index in [-0.39, 0.29) is 5.91 Å². The number of aromatic nitrogens is 2. The van der Waals surface area contributed by atoms with Crippen molar-refractivity contribution in [1.82, 2.24) is 14.9 Å². The second kappa shape index (κ2) is 8.10. The minimum Gasteiger partial charge on any atom is -0.341 e. The van der Waals surface area contributed by atoms with Crippen molar-refractivity contribution in [1.29, 1.82) is 0 Å². The fourth-order valence-corrected chi connectivity index (χ4v) is 3.69. The molecule has 0 bridgehead atoms. The van der Waals surface area contributed by atoms with Gasteiger partial charge in [-0.25, -0.2) is 4.98 Å². The standard InChI is InChI=1S/C20H18F3N3OS/c1-13-17(19(27)26(2)12-10-16-5-3-4-11-24-16)28-18(25-13)14-6-8-15(9-7-14)20(21,22)23/h3-9,11H,10,12H2,1-2H3. The molecule has 8 heteroatoms. The van der Waals surface area contributed by atoms with Crippen LogP contribution in [0.2, 0.25) is 0 Å². The number of rotatable bonds is 5. The van der Waals surface area contributed by atoms with Gasteiger partial charge in [0.2, 0.25) is 0 Å². The first kappa shape index (κ1) is 20.0. The van der Waals surface area contributed by atoms with Crippen molar-refractivity contribution >= 4 is 17.2 Å². The minimum atomic E-state index is -4.38. The number of amides is 1. The lowest BCUT2D eigenvalue weighted by atomic mass is 10.1. The molecule has 3 aromatic rings. The first-order valence-corrected chi connectivity index (χ1v) is 9.38.